The van der Waals surface area contributed by atoms with Crippen molar-refractivity contribution in [1.82, 2.24) is 25.1 Å². The van der Waals surface area contributed by atoms with Gasteiger partial charge in [-0.05, 0) is 36.4 Å². The first-order valence-corrected chi connectivity index (χ1v) is 12.8. The summed E-state index contributed by atoms with van der Waals surface area (Å²) in [5.74, 6) is 0.981. The van der Waals surface area contributed by atoms with E-state index in [2.05, 4.69) is 25.8 Å². The van der Waals surface area contributed by atoms with Crippen molar-refractivity contribution in [3.8, 4) is 17.2 Å². The number of halogens is 1. The second-order valence-electron chi connectivity index (χ2n) is 7.14. The molecule has 0 bridgehead atoms. The molecule has 2 heterocycles. The van der Waals surface area contributed by atoms with Crippen LogP contribution < -0.4 is 20.1 Å². The number of nitrogens with one attached hydrogen (secondary N) is 2. The number of benzene rings is 2. The molecule has 2 aromatic carbocycles. The smallest absolute Gasteiger partial charge is 0.251 e. The molecule has 13 heteroatoms. The maximum absolute atomic E-state index is 12.8. The highest BCUT2D eigenvalue weighted by atomic mass is 35.5. The van der Waals surface area contributed by atoms with Crippen LogP contribution in [0, 0.1) is 0 Å². The quantitative estimate of drug-likeness (QED) is 0.287. The van der Waals surface area contributed by atoms with Gasteiger partial charge in [0, 0.05) is 22.2 Å². The van der Waals surface area contributed by atoms with Gasteiger partial charge in [0.25, 0.3) is 5.91 Å². The Morgan fingerprint density at radius 1 is 1.11 bits per heavy atom. The molecule has 2 aromatic heterocycles. The molecule has 0 saturated heterocycles. The van der Waals surface area contributed by atoms with Crippen molar-refractivity contribution in [3.63, 3.8) is 0 Å². The minimum atomic E-state index is -0.325. The van der Waals surface area contributed by atoms with E-state index in [0.29, 0.717) is 43.9 Å². The van der Waals surface area contributed by atoms with Gasteiger partial charge < -0.3 is 20.1 Å². The first kappa shape index (κ1) is 25.5. The third-order valence-corrected chi connectivity index (χ3v) is 6.68. The highest BCUT2D eigenvalue weighted by molar-refractivity contribution is 7.99. The van der Waals surface area contributed by atoms with E-state index in [0.717, 1.165) is 0 Å². The van der Waals surface area contributed by atoms with Gasteiger partial charge in [-0.3, -0.25) is 14.2 Å². The summed E-state index contributed by atoms with van der Waals surface area (Å²) in [6.45, 7) is 0.0819. The fourth-order valence-corrected chi connectivity index (χ4v) is 4.69. The average molecular weight is 545 g/mol. The molecule has 0 aliphatic heterocycles. The van der Waals surface area contributed by atoms with Gasteiger partial charge in [0.15, 0.2) is 27.6 Å². The number of amides is 2. The Labute approximate surface area is 220 Å². The van der Waals surface area contributed by atoms with E-state index in [9.17, 15) is 9.59 Å². The Kier molecular flexibility index (Phi) is 8.41. The number of ether oxygens (including phenoxy) is 2. The van der Waals surface area contributed by atoms with Crippen molar-refractivity contribution in [2.75, 3.05) is 25.3 Å². The summed E-state index contributed by atoms with van der Waals surface area (Å²) in [5.41, 5.74) is 1.10. The van der Waals surface area contributed by atoms with Gasteiger partial charge in [0.2, 0.25) is 5.91 Å². The summed E-state index contributed by atoms with van der Waals surface area (Å²) in [4.78, 5) is 29.2. The summed E-state index contributed by atoms with van der Waals surface area (Å²) in [5, 5.41) is 17.4. The van der Waals surface area contributed by atoms with Crippen LogP contribution in [0.15, 0.2) is 59.2 Å². The molecule has 0 aliphatic rings. The Balaban J connectivity index is 1.52. The summed E-state index contributed by atoms with van der Waals surface area (Å²) in [6, 6.07) is 12.0. The molecule has 0 unspecified atom stereocenters. The molecular formula is C23H21ClN6O4S2. The molecule has 0 aliphatic carbocycles. The van der Waals surface area contributed by atoms with Gasteiger partial charge in [-0.1, -0.05) is 29.4 Å². The van der Waals surface area contributed by atoms with Crippen molar-refractivity contribution >= 4 is 51.6 Å². The van der Waals surface area contributed by atoms with Crippen LogP contribution in [-0.4, -0.2) is 51.5 Å². The van der Waals surface area contributed by atoms with Crippen LogP contribution in [0.5, 0.6) is 11.5 Å². The average Bonchev–Trinajstić information content (AvgIpc) is 3.55. The van der Waals surface area contributed by atoms with Crippen LogP contribution in [0.4, 0.5) is 5.13 Å². The van der Waals surface area contributed by atoms with E-state index >= 15 is 0 Å². The van der Waals surface area contributed by atoms with Crippen LogP contribution in [0.1, 0.15) is 16.2 Å². The van der Waals surface area contributed by atoms with Crippen molar-refractivity contribution < 1.29 is 19.1 Å². The Bertz CT molecular complexity index is 1360. The molecule has 4 rings (SSSR count). The number of thioether (sulfide) groups is 1. The Hall–Kier alpha value is -3.61. The third kappa shape index (κ3) is 6.14. The molecule has 0 radical (unpaired) electrons. The highest BCUT2D eigenvalue weighted by Crippen LogP contribution is 2.28. The van der Waals surface area contributed by atoms with E-state index in [-0.39, 0.29) is 24.1 Å². The van der Waals surface area contributed by atoms with Crippen LogP contribution >= 0.6 is 34.7 Å². The van der Waals surface area contributed by atoms with Gasteiger partial charge in [-0.2, -0.15) is 0 Å². The zero-order valence-corrected chi connectivity index (χ0v) is 21.6. The lowest BCUT2D eigenvalue weighted by Gasteiger charge is -2.12. The van der Waals surface area contributed by atoms with Crippen molar-refractivity contribution in [2.24, 2.45) is 0 Å². The first-order valence-electron chi connectivity index (χ1n) is 10.5. The molecule has 36 heavy (non-hydrogen) atoms. The summed E-state index contributed by atoms with van der Waals surface area (Å²) in [7, 11) is 3.03. The molecule has 2 amide bonds. The number of aromatic nitrogens is 4. The van der Waals surface area contributed by atoms with Gasteiger partial charge in [-0.25, -0.2) is 4.98 Å². The predicted octanol–water partition coefficient (Wildman–Crippen LogP) is 4.06. The molecule has 10 nitrogen and oxygen atoms in total. The molecule has 0 spiro atoms. The van der Waals surface area contributed by atoms with Crippen molar-refractivity contribution in [3.05, 3.63) is 70.5 Å². The number of carbonyl (C=O) groups is 2. The van der Waals surface area contributed by atoms with Crippen LogP contribution in [0.25, 0.3) is 5.69 Å². The van der Waals surface area contributed by atoms with Gasteiger partial charge in [0.1, 0.15) is 0 Å². The number of methoxy groups -OCH3 is 2. The number of nitrogens with zero attached hydrogens (tertiary/aromatic N) is 4. The molecule has 0 atom stereocenters. The monoisotopic (exact) mass is 544 g/mol. The summed E-state index contributed by atoms with van der Waals surface area (Å²) >= 11 is 8.75. The van der Waals surface area contributed by atoms with E-state index < -0.39 is 0 Å². The molecule has 4 aromatic rings. The van der Waals surface area contributed by atoms with Crippen LogP contribution in [0.2, 0.25) is 5.02 Å². The SMILES string of the molecule is COc1ccc(C(=O)NCc2nnc(SCC(=O)Nc3nccs3)n2-c2cccc(Cl)c2)cc1OC. The first-order chi connectivity index (χ1) is 17.5. The lowest BCUT2D eigenvalue weighted by atomic mass is 10.2. The molecular weight excluding hydrogens is 524 g/mol. The zero-order valence-electron chi connectivity index (χ0n) is 19.2. The maximum atomic E-state index is 12.8. The molecule has 0 fully saturated rings. The van der Waals surface area contributed by atoms with E-state index in [1.807, 2.05) is 6.07 Å². The van der Waals surface area contributed by atoms with E-state index in [1.165, 1.54) is 37.3 Å². The topological polar surface area (TPSA) is 120 Å². The fraction of sp³-hybridized carbons (Fsp3) is 0.174. The largest absolute Gasteiger partial charge is 0.493 e. The van der Waals surface area contributed by atoms with E-state index in [1.54, 1.807) is 52.5 Å². The number of rotatable bonds is 10. The third-order valence-electron chi connectivity index (χ3n) is 4.83. The standard InChI is InChI=1S/C23H21ClN6O4S2/c1-33-17-7-6-14(10-18(17)34-2)21(32)26-12-19-28-29-23(30(19)16-5-3-4-15(24)11-16)36-13-20(31)27-22-25-8-9-35-22/h3-11H,12-13H2,1-2H3,(H,26,32)(H,25,27,31). The van der Waals surface area contributed by atoms with E-state index in [4.69, 9.17) is 21.1 Å². The number of anilines is 1. The highest BCUT2D eigenvalue weighted by Gasteiger charge is 2.18. The van der Waals surface area contributed by atoms with Gasteiger partial charge in [-0.15, -0.1) is 21.5 Å². The van der Waals surface area contributed by atoms with Crippen LogP contribution in [-0.2, 0) is 11.3 Å². The molecule has 0 saturated carbocycles. The van der Waals surface area contributed by atoms with Gasteiger partial charge in [0.05, 0.1) is 32.2 Å². The summed E-state index contributed by atoms with van der Waals surface area (Å²) < 4.78 is 12.3. The predicted molar refractivity (Wildman–Crippen MR) is 139 cm³/mol. The number of hydrogen-bond donors (Lipinski definition) is 2. The maximum Gasteiger partial charge on any atom is 0.251 e. The normalized spacial score (nSPS) is 10.6. The Morgan fingerprint density at radius 3 is 2.67 bits per heavy atom. The number of carbonyl (C=O) groups excluding carboxylic acids is 2. The van der Waals surface area contributed by atoms with Gasteiger partial charge >= 0.3 is 0 Å². The second kappa shape index (κ2) is 11.9. The minimum Gasteiger partial charge on any atom is -0.493 e. The molecule has 2 N–H and O–H groups in total. The lowest BCUT2D eigenvalue weighted by molar-refractivity contribution is -0.113. The van der Waals surface area contributed by atoms with Crippen molar-refractivity contribution in [2.45, 2.75) is 11.7 Å². The minimum absolute atomic E-state index is 0.0819. The fourth-order valence-electron chi connectivity index (χ4n) is 3.19. The van der Waals surface area contributed by atoms with Crippen molar-refractivity contribution in [1.29, 1.82) is 0 Å². The Morgan fingerprint density at radius 2 is 1.94 bits per heavy atom. The lowest BCUT2D eigenvalue weighted by Crippen LogP contribution is -2.24. The molecule has 186 valence electrons. The number of thiazole rings is 1. The summed E-state index contributed by atoms with van der Waals surface area (Å²) in [6.07, 6.45) is 1.62. The second-order valence-corrected chi connectivity index (χ2v) is 9.41. The van der Waals surface area contributed by atoms with Crippen LogP contribution in [0.3, 0.4) is 0 Å². The number of hydrogen-bond acceptors (Lipinski definition) is 9. The zero-order chi connectivity index (χ0) is 25.5.